The average molecular weight is 319 g/mol. The summed E-state index contributed by atoms with van der Waals surface area (Å²) in [5.74, 6) is 0.406. The van der Waals surface area contributed by atoms with Crippen molar-refractivity contribution in [3.05, 3.63) is 27.3 Å². The number of nitrogens with one attached hydrogen (secondary N) is 1. The van der Waals surface area contributed by atoms with Crippen LogP contribution in [-0.4, -0.2) is 24.0 Å². The van der Waals surface area contributed by atoms with Gasteiger partial charge in [-0.3, -0.25) is 4.79 Å². The maximum Gasteiger partial charge on any atom is 0.147 e. The fourth-order valence-corrected chi connectivity index (χ4v) is 1.94. The first kappa shape index (κ1) is 12.4. The Morgan fingerprint density at radius 3 is 2.73 bits per heavy atom. The van der Waals surface area contributed by atoms with E-state index in [0.29, 0.717) is 6.42 Å². The van der Waals surface area contributed by atoms with Crippen LogP contribution < -0.4 is 5.32 Å². The smallest absolute Gasteiger partial charge is 0.147 e. The second kappa shape index (κ2) is 5.46. The number of aromatic hydroxyl groups is 1. The van der Waals surface area contributed by atoms with Gasteiger partial charge in [0.1, 0.15) is 11.5 Å². The van der Waals surface area contributed by atoms with Crippen LogP contribution in [-0.2, 0) is 11.2 Å². The Bertz CT molecular complexity index is 366. The van der Waals surface area contributed by atoms with Gasteiger partial charge in [-0.05, 0) is 60.7 Å². The Hall–Kier alpha value is -0.620. The number of likely N-dealkylation sites (N-methyl/N-ethyl adjacent to an activating group) is 1. The molecular formula is C11H14INO2. The van der Waals surface area contributed by atoms with Gasteiger partial charge in [0, 0.05) is 0 Å². The highest BCUT2D eigenvalue weighted by Gasteiger charge is 2.12. The SMILES string of the molecule is CN[C@@H](Cc1ccc(O)c(I)c1)C(C)=O. The van der Waals surface area contributed by atoms with Gasteiger partial charge in [0.25, 0.3) is 0 Å². The molecule has 0 heterocycles. The molecule has 0 saturated heterocycles. The first-order valence-electron chi connectivity index (χ1n) is 4.69. The Morgan fingerprint density at radius 1 is 1.60 bits per heavy atom. The van der Waals surface area contributed by atoms with Crippen LogP contribution in [0.3, 0.4) is 0 Å². The van der Waals surface area contributed by atoms with E-state index >= 15 is 0 Å². The number of halogens is 1. The lowest BCUT2D eigenvalue weighted by Gasteiger charge is -2.12. The third kappa shape index (κ3) is 3.46. The number of hydrogen-bond acceptors (Lipinski definition) is 3. The summed E-state index contributed by atoms with van der Waals surface area (Å²) in [4.78, 5) is 11.2. The molecule has 15 heavy (non-hydrogen) atoms. The number of rotatable bonds is 4. The normalized spacial score (nSPS) is 12.5. The second-order valence-electron chi connectivity index (χ2n) is 3.44. The Labute approximate surface area is 103 Å². The molecule has 0 unspecified atom stereocenters. The van der Waals surface area contributed by atoms with Gasteiger partial charge >= 0.3 is 0 Å². The van der Waals surface area contributed by atoms with E-state index in [-0.39, 0.29) is 17.6 Å². The van der Waals surface area contributed by atoms with Gasteiger partial charge in [-0.25, -0.2) is 0 Å². The zero-order valence-corrected chi connectivity index (χ0v) is 10.9. The summed E-state index contributed by atoms with van der Waals surface area (Å²) >= 11 is 2.07. The molecule has 0 fully saturated rings. The van der Waals surface area contributed by atoms with Crippen molar-refractivity contribution >= 4 is 28.4 Å². The predicted molar refractivity (Wildman–Crippen MR) is 68.1 cm³/mol. The molecule has 4 heteroatoms. The molecule has 0 amide bonds. The molecule has 0 bridgehead atoms. The summed E-state index contributed by atoms with van der Waals surface area (Å²) in [6.45, 7) is 1.58. The van der Waals surface area contributed by atoms with Crippen molar-refractivity contribution in [1.82, 2.24) is 5.32 Å². The molecule has 3 nitrogen and oxygen atoms in total. The summed E-state index contributed by atoms with van der Waals surface area (Å²) in [7, 11) is 1.78. The quantitative estimate of drug-likeness (QED) is 0.831. The van der Waals surface area contributed by atoms with E-state index in [0.717, 1.165) is 9.13 Å². The molecule has 82 valence electrons. The summed E-state index contributed by atoms with van der Waals surface area (Å²) in [5, 5.41) is 12.3. The highest BCUT2D eigenvalue weighted by molar-refractivity contribution is 14.1. The van der Waals surface area contributed by atoms with Crippen LogP contribution in [0.15, 0.2) is 18.2 Å². The molecule has 0 aliphatic rings. The Morgan fingerprint density at radius 2 is 2.27 bits per heavy atom. The van der Waals surface area contributed by atoms with Crippen molar-refractivity contribution in [2.45, 2.75) is 19.4 Å². The number of carbonyl (C=O) groups is 1. The van der Waals surface area contributed by atoms with E-state index in [2.05, 4.69) is 27.9 Å². The number of phenolic OH excluding ortho intramolecular Hbond substituents is 1. The number of carbonyl (C=O) groups excluding carboxylic acids is 1. The standard InChI is InChI=1S/C11H14INO2/c1-7(14)10(13-2)6-8-3-4-11(15)9(12)5-8/h3-5,10,13,15H,6H2,1-2H3/t10-/m0/s1. The minimum absolute atomic E-state index is 0.126. The largest absolute Gasteiger partial charge is 0.507 e. The fourth-order valence-electron chi connectivity index (χ4n) is 1.36. The van der Waals surface area contributed by atoms with E-state index in [1.54, 1.807) is 20.0 Å². The number of Topliss-reactive ketones (excluding diaryl/α,β-unsaturated/α-hetero) is 1. The van der Waals surface area contributed by atoms with E-state index < -0.39 is 0 Å². The van der Waals surface area contributed by atoms with E-state index in [1.807, 2.05) is 12.1 Å². The molecule has 1 atom stereocenters. The summed E-state index contributed by atoms with van der Waals surface area (Å²) < 4.78 is 0.809. The van der Waals surface area contributed by atoms with Crippen LogP contribution in [0.25, 0.3) is 0 Å². The van der Waals surface area contributed by atoms with Crippen LogP contribution in [0.1, 0.15) is 12.5 Å². The zero-order valence-electron chi connectivity index (χ0n) is 8.75. The number of benzene rings is 1. The topological polar surface area (TPSA) is 49.3 Å². The van der Waals surface area contributed by atoms with Crippen molar-refractivity contribution in [2.24, 2.45) is 0 Å². The lowest BCUT2D eigenvalue weighted by atomic mass is 10.0. The molecule has 0 aliphatic heterocycles. The number of phenols is 1. The van der Waals surface area contributed by atoms with Crippen molar-refractivity contribution in [1.29, 1.82) is 0 Å². The van der Waals surface area contributed by atoms with Crippen LogP contribution in [0.4, 0.5) is 0 Å². The molecule has 1 aromatic carbocycles. The minimum Gasteiger partial charge on any atom is -0.507 e. The molecule has 0 aliphatic carbocycles. The molecule has 0 spiro atoms. The lowest BCUT2D eigenvalue weighted by molar-refractivity contribution is -0.118. The van der Waals surface area contributed by atoms with E-state index in [1.165, 1.54) is 0 Å². The van der Waals surface area contributed by atoms with Gasteiger partial charge in [0.15, 0.2) is 0 Å². The minimum atomic E-state index is -0.148. The fraction of sp³-hybridized carbons (Fsp3) is 0.364. The molecule has 2 N–H and O–H groups in total. The first-order valence-corrected chi connectivity index (χ1v) is 5.77. The van der Waals surface area contributed by atoms with Gasteiger partial charge in [-0.15, -0.1) is 0 Å². The number of ketones is 1. The first-order chi connectivity index (χ1) is 7.04. The summed E-state index contributed by atoms with van der Waals surface area (Å²) in [6, 6.07) is 5.24. The average Bonchev–Trinajstić information content (AvgIpc) is 2.19. The van der Waals surface area contributed by atoms with Crippen LogP contribution in [0, 0.1) is 3.57 Å². The highest BCUT2D eigenvalue weighted by Crippen LogP contribution is 2.20. The number of hydrogen-bond donors (Lipinski definition) is 2. The van der Waals surface area contributed by atoms with Crippen molar-refractivity contribution in [2.75, 3.05) is 7.05 Å². The summed E-state index contributed by atoms with van der Waals surface area (Å²) in [6.07, 6.45) is 0.655. The molecule has 1 rings (SSSR count). The van der Waals surface area contributed by atoms with Crippen molar-refractivity contribution < 1.29 is 9.90 Å². The van der Waals surface area contributed by atoms with E-state index in [9.17, 15) is 9.90 Å². The van der Waals surface area contributed by atoms with Crippen LogP contribution in [0.5, 0.6) is 5.75 Å². The maximum atomic E-state index is 11.2. The summed E-state index contributed by atoms with van der Waals surface area (Å²) in [5.41, 5.74) is 1.05. The van der Waals surface area contributed by atoms with Crippen molar-refractivity contribution in [3.63, 3.8) is 0 Å². The molecule has 0 radical (unpaired) electrons. The van der Waals surface area contributed by atoms with E-state index in [4.69, 9.17) is 0 Å². The zero-order chi connectivity index (χ0) is 11.4. The van der Waals surface area contributed by atoms with Gasteiger partial charge < -0.3 is 10.4 Å². The van der Waals surface area contributed by atoms with Crippen LogP contribution >= 0.6 is 22.6 Å². The van der Waals surface area contributed by atoms with Crippen molar-refractivity contribution in [3.8, 4) is 5.75 Å². The molecule has 0 saturated carbocycles. The highest BCUT2D eigenvalue weighted by atomic mass is 127. The maximum absolute atomic E-state index is 11.2. The third-order valence-electron chi connectivity index (χ3n) is 2.29. The van der Waals surface area contributed by atoms with Gasteiger partial charge in [0.05, 0.1) is 9.61 Å². The monoisotopic (exact) mass is 319 g/mol. The third-order valence-corrected chi connectivity index (χ3v) is 3.16. The Kier molecular flexibility index (Phi) is 4.53. The second-order valence-corrected chi connectivity index (χ2v) is 4.60. The van der Waals surface area contributed by atoms with Gasteiger partial charge in [-0.1, -0.05) is 6.07 Å². The predicted octanol–water partition coefficient (Wildman–Crippen LogP) is 1.72. The van der Waals surface area contributed by atoms with Crippen LogP contribution in [0.2, 0.25) is 0 Å². The molecule has 1 aromatic rings. The molecule has 0 aromatic heterocycles. The molecular weight excluding hydrogens is 305 g/mol. The Balaban J connectivity index is 2.80. The van der Waals surface area contributed by atoms with Gasteiger partial charge in [0.2, 0.25) is 0 Å². The lowest BCUT2D eigenvalue weighted by Crippen LogP contribution is -2.34. The van der Waals surface area contributed by atoms with Gasteiger partial charge in [-0.2, -0.15) is 0 Å².